The second-order valence-corrected chi connectivity index (χ2v) is 4.93. The Morgan fingerprint density at radius 2 is 1.88 bits per heavy atom. The SMILES string of the molecule is CCN1CCN(CC2CC(OC)CN2)CC1. The summed E-state index contributed by atoms with van der Waals surface area (Å²) in [7, 11) is 1.81. The molecule has 2 saturated heterocycles. The second kappa shape index (κ2) is 5.96. The lowest BCUT2D eigenvalue weighted by Gasteiger charge is -2.35. The summed E-state index contributed by atoms with van der Waals surface area (Å²) in [5, 5.41) is 3.55. The summed E-state index contributed by atoms with van der Waals surface area (Å²) in [4.78, 5) is 5.11. The van der Waals surface area contributed by atoms with Crippen molar-refractivity contribution in [2.75, 3.05) is 52.9 Å². The average molecular weight is 227 g/mol. The third kappa shape index (κ3) is 3.17. The van der Waals surface area contributed by atoms with E-state index in [1.54, 1.807) is 0 Å². The van der Waals surface area contributed by atoms with Crippen LogP contribution in [0, 0.1) is 0 Å². The molecule has 2 unspecified atom stereocenters. The van der Waals surface area contributed by atoms with E-state index in [2.05, 4.69) is 22.0 Å². The Bertz CT molecular complexity index is 204. The maximum Gasteiger partial charge on any atom is 0.0711 e. The highest BCUT2D eigenvalue weighted by molar-refractivity contribution is 4.85. The van der Waals surface area contributed by atoms with Crippen LogP contribution in [0.5, 0.6) is 0 Å². The standard InChI is InChI=1S/C12H25N3O/c1-3-14-4-6-15(7-5-14)10-11-8-12(16-2)9-13-11/h11-13H,3-10H2,1-2H3. The summed E-state index contributed by atoms with van der Waals surface area (Å²) in [6.07, 6.45) is 1.60. The molecule has 0 aliphatic carbocycles. The van der Waals surface area contributed by atoms with Crippen molar-refractivity contribution in [1.29, 1.82) is 0 Å². The Hall–Kier alpha value is -0.160. The third-order valence-electron chi connectivity index (χ3n) is 3.91. The van der Waals surface area contributed by atoms with Crippen molar-refractivity contribution in [2.24, 2.45) is 0 Å². The molecule has 0 radical (unpaired) electrons. The van der Waals surface area contributed by atoms with Crippen molar-refractivity contribution in [2.45, 2.75) is 25.5 Å². The van der Waals surface area contributed by atoms with Crippen molar-refractivity contribution >= 4 is 0 Å². The lowest BCUT2D eigenvalue weighted by atomic mass is 10.2. The summed E-state index contributed by atoms with van der Waals surface area (Å²) in [5.74, 6) is 0. The highest BCUT2D eigenvalue weighted by Crippen LogP contribution is 2.12. The minimum absolute atomic E-state index is 0.432. The number of piperazine rings is 1. The average Bonchev–Trinajstić information content (AvgIpc) is 2.78. The summed E-state index contributed by atoms with van der Waals surface area (Å²) >= 11 is 0. The van der Waals surface area contributed by atoms with Gasteiger partial charge in [0.15, 0.2) is 0 Å². The Labute approximate surface area is 98.9 Å². The van der Waals surface area contributed by atoms with Gasteiger partial charge in [-0.05, 0) is 13.0 Å². The minimum Gasteiger partial charge on any atom is -0.380 e. The van der Waals surface area contributed by atoms with Crippen molar-refractivity contribution in [3.8, 4) is 0 Å². The van der Waals surface area contributed by atoms with Crippen LogP contribution in [0.2, 0.25) is 0 Å². The number of hydrogen-bond acceptors (Lipinski definition) is 4. The van der Waals surface area contributed by atoms with Gasteiger partial charge in [-0.2, -0.15) is 0 Å². The van der Waals surface area contributed by atoms with Crippen LogP contribution in [-0.4, -0.2) is 74.9 Å². The van der Waals surface area contributed by atoms with E-state index in [4.69, 9.17) is 4.74 Å². The molecule has 0 spiro atoms. The molecule has 0 saturated carbocycles. The highest BCUT2D eigenvalue weighted by Gasteiger charge is 2.26. The molecule has 2 atom stereocenters. The number of nitrogens with zero attached hydrogens (tertiary/aromatic N) is 2. The van der Waals surface area contributed by atoms with E-state index in [1.807, 2.05) is 7.11 Å². The molecule has 2 aliphatic rings. The number of ether oxygens (including phenoxy) is 1. The fraction of sp³-hybridized carbons (Fsp3) is 1.00. The molecule has 0 aromatic rings. The van der Waals surface area contributed by atoms with Crippen LogP contribution in [0.1, 0.15) is 13.3 Å². The number of rotatable bonds is 4. The Balaban J connectivity index is 1.67. The fourth-order valence-electron chi connectivity index (χ4n) is 2.70. The van der Waals surface area contributed by atoms with E-state index in [-0.39, 0.29) is 0 Å². The predicted octanol–water partition coefficient (Wildman–Crippen LogP) is 0.000800. The molecule has 4 heteroatoms. The third-order valence-corrected chi connectivity index (χ3v) is 3.91. The first-order chi connectivity index (χ1) is 7.81. The molecule has 2 rings (SSSR count). The Morgan fingerprint density at radius 3 is 2.44 bits per heavy atom. The fourth-order valence-corrected chi connectivity index (χ4v) is 2.70. The minimum atomic E-state index is 0.432. The monoisotopic (exact) mass is 227 g/mol. The molecule has 0 bridgehead atoms. The molecule has 4 nitrogen and oxygen atoms in total. The zero-order valence-corrected chi connectivity index (χ0v) is 10.6. The van der Waals surface area contributed by atoms with Crippen molar-refractivity contribution in [3.63, 3.8) is 0 Å². The molecule has 2 heterocycles. The van der Waals surface area contributed by atoms with E-state index in [9.17, 15) is 0 Å². The van der Waals surface area contributed by atoms with Gasteiger partial charge in [0.1, 0.15) is 0 Å². The maximum absolute atomic E-state index is 5.38. The second-order valence-electron chi connectivity index (χ2n) is 4.93. The van der Waals surface area contributed by atoms with Crippen molar-refractivity contribution in [3.05, 3.63) is 0 Å². The first-order valence-electron chi connectivity index (χ1n) is 6.52. The summed E-state index contributed by atoms with van der Waals surface area (Å²) in [5.41, 5.74) is 0. The smallest absolute Gasteiger partial charge is 0.0711 e. The van der Waals surface area contributed by atoms with E-state index < -0.39 is 0 Å². The first-order valence-corrected chi connectivity index (χ1v) is 6.52. The topological polar surface area (TPSA) is 27.7 Å². The van der Waals surface area contributed by atoms with E-state index in [0.717, 1.165) is 6.54 Å². The Kier molecular flexibility index (Phi) is 4.58. The maximum atomic E-state index is 5.38. The molecule has 2 aliphatic heterocycles. The zero-order chi connectivity index (χ0) is 11.4. The Morgan fingerprint density at radius 1 is 1.19 bits per heavy atom. The van der Waals surface area contributed by atoms with Gasteiger partial charge in [0.2, 0.25) is 0 Å². The van der Waals surface area contributed by atoms with Gasteiger partial charge in [0, 0.05) is 52.4 Å². The van der Waals surface area contributed by atoms with Crippen LogP contribution in [0.15, 0.2) is 0 Å². The lowest BCUT2D eigenvalue weighted by Crippen LogP contribution is -2.49. The van der Waals surface area contributed by atoms with Gasteiger partial charge in [-0.1, -0.05) is 6.92 Å². The summed E-state index contributed by atoms with van der Waals surface area (Å²) in [6, 6.07) is 0.637. The van der Waals surface area contributed by atoms with Gasteiger partial charge in [-0.3, -0.25) is 4.90 Å². The zero-order valence-electron chi connectivity index (χ0n) is 10.6. The van der Waals surface area contributed by atoms with Crippen LogP contribution in [0.25, 0.3) is 0 Å². The summed E-state index contributed by atoms with van der Waals surface area (Å²) < 4.78 is 5.38. The van der Waals surface area contributed by atoms with Gasteiger partial charge in [0.25, 0.3) is 0 Å². The molecular weight excluding hydrogens is 202 g/mol. The number of hydrogen-bond donors (Lipinski definition) is 1. The van der Waals surface area contributed by atoms with Gasteiger partial charge >= 0.3 is 0 Å². The largest absolute Gasteiger partial charge is 0.380 e. The predicted molar refractivity (Wildman–Crippen MR) is 65.8 cm³/mol. The van der Waals surface area contributed by atoms with Crippen LogP contribution < -0.4 is 5.32 Å². The normalized spacial score (nSPS) is 33.4. The molecule has 2 fully saturated rings. The van der Waals surface area contributed by atoms with E-state index >= 15 is 0 Å². The van der Waals surface area contributed by atoms with E-state index in [1.165, 1.54) is 45.7 Å². The van der Waals surface area contributed by atoms with Crippen molar-refractivity contribution < 1.29 is 4.74 Å². The molecular formula is C12H25N3O. The number of methoxy groups -OCH3 is 1. The first kappa shape index (κ1) is 12.3. The molecule has 1 N–H and O–H groups in total. The molecule has 0 aromatic heterocycles. The van der Waals surface area contributed by atoms with E-state index in [0.29, 0.717) is 12.1 Å². The number of nitrogens with one attached hydrogen (secondary N) is 1. The van der Waals surface area contributed by atoms with Gasteiger partial charge in [0.05, 0.1) is 6.10 Å². The molecule has 16 heavy (non-hydrogen) atoms. The van der Waals surface area contributed by atoms with Gasteiger partial charge in [-0.15, -0.1) is 0 Å². The van der Waals surface area contributed by atoms with Gasteiger partial charge in [-0.25, -0.2) is 0 Å². The van der Waals surface area contributed by atoms with Crippen LogP contribution in [0.4, 0.5) is 0 Å². The van der Waals surface area contributed by atoms with Crippen LogP contribution in [-0.2, 0) is 4.74 Å². The number of likely N-dealkylation sites (N-methyl/N-ethyl adjacent to an activating group) is 1. The summed E-state index contributed by atoms with van der Waals surface area (Å²) in [6.45, 7) is 10.6. The quantitative estimate of drug-likeness (QED) is 0.732. The van der Waals surface area contributed by atoms with Crippen LogP contribution >= 0.6 is 0 Å². The molecule has 94 valence electrons. The van der Waals surface area contributed by atoms with Crippen LogP contribution in [0.3, 0.4) is 0 Å². The van der Waals surface area contributed by atoms with Gasteiger partial charge < -0.3 is 15.0 Å². The molecule has 0 aromatic carbocycles. The molecule has 0 amide bonds. The lowest BCUT2D eigenvalue weighted by molar-refractivity contribution is 0.108. The highest BCUT2D eigenvalue weighted by atomic mass is 16.5. The van der Waals surface area contributed by atoms with Crippen molar-refractivity contribution in [1.82, 2.24) is 15.1 Å².